The topological polar surface area (TPSA) is 59.1 Å². The summed E-state index contributed by atoms with van der Waals surface area (Å²) in [5.41, 5.74) is -0.221. The zero-order chi connectivity index (χ0) is 25.1. The number of rotatable bonds is 7. The number of ether oxygens (including phenoxy) is 1. The van der Waals surface area contributed by atoms with E-state index in [4.69, 9.17) is 0 Å². The molecule has 12 heteroatoms. The van der Waals surface area contributed by atoms with Crippen LogP contribution in [0.2, 0.25) is 0 Å². The van der Waals surface area contributed by atoms with Gasteiger partial charge < -0.3 is 15.4 Å². The number of nitrogens with zero attached hydrogens (tertiary/aromatic N) is 2. The van der Waals surface area contributed by atoms with Crippen LogP contribution >= 0.6 is 15.9 Å². The smallest absolute Gasteiger partial charge is 0.406 e. The second-order valence-corrected chi connectivity index (χ2v) is 8.16. The number of anilines is 3. The van der Waals surface area contributed by atoms with Gasteiger partial charge >= 0.3 is 12.5 Å². The maximum absolute atomic E-state index is 13.3. The number of benzene rings is 2. The molecule has 0 aliphatic heterocycles. The van der Waals surface area contributed by atoms with Crippen molar-refractivity contribution in [3.05, 3.63) is 58.6 Å². The van der Waals surface area contributed by atoms with Crippen LogP contribution in [0, 0.1) is 0 Å². The number of aromatic nitrogens is 2. The van der Waals surface area contributed by atoms with Crippen LogP contribution in [-0.4, -0.2) is 22.4 Å². The van der Waals surface area contributed by atoms with E-state index in [0.29, 0.717) is 5.56 Å². The summed E-state index contributed by atoms with van der Waals surface area (Å²) < 4.78 is 81.5. The van der Waals surface area contributed by atoms with E-state index in [-0.39, 0.29) is 33.7 Å². The standard InChI is InChI=1S/C22H19BrF6N4O/c1-3-12(2)30-20-32-18(13-5-4-6-15(9-13)34-22(27,28)29)11-19(33-20)31-14-7-8-17(23)16(10-14)21(24,25)26/h4-12H,3H2,1-2H3,(H2,30,31,32,33)/t12-/m0/s1. The Morgan fingerprint density at radius 1 is 1.00 bits per heavy atom. The summed E-state index contributed by atoms with van der Waals surface area (Å²) in [7, 11) is 0. The van der Waals surface area contributed by atoms with Gasteiger partial charge in [0.1, 0.15) is 11.6 Å². The molecule has 1 aromatic heterocycles. The molecule has 0 aliphatic carbocycles. The summed E-state index contributed by atoms with van der Waals surface area (Å²) in [6.45, 7) is 3.81. The van der Waals surface area contributed by atoms with Crippen LogP contribution in [0.4, 0.5) is 43.8 Å². The van der Waals surface area contributed by atoms with E-state index in [1.807, 2.05) is 13.8 Å². The van der Waals surface area contributed by atoms with Crippen molar-refractivity contribution in [1.82, 2.24) is 9.97 Å². The molecule has 0 spiro atoms. The van der Waals surface area contributed by atoms with Crippen molar-refractivity contribution in [3.63, 3.8) is 0 Å². The number of nitrogens with one attached hydrogen (secondary N) is 2. The summed E-state index contributed by atoms with van der Waals surface area (Å²) in [5.74, 6) is -0.129. The molecule has 0 saturated heterocycles. The zero-order valence-electron chi connectivity index (χ0n) is 17.9. The Balaban J connectivity index is 2.01. The van der Waals surface area contributed by atoms with Gasteiger partial charge in [-0.2, -0.15) is 18.2 Å². The van der Waals surface area contributed by atoms with Crippen molar-refractivity contribution < 1.29 is 31.1 Å². The lowest BCUT2D eigenvalue weighted by molar-refractivity contribution is -0.274. The molecule has 3 rings (SSSR count). The molecule has 1 heterocycles. The monoisotopic (exact) mass is 548 g/mol. The summed E-state index contributed by atoms with van der Waals surface area (Å²) in [6.07, 6.45) is -8.71. The van der Waals surface area contributed by atoms with Gasteiger partial charge in [0.25, 0.3) is 0 Å². The zero-order valence-corrected chi connectivity index (χ0v) is 19.4. The van der Waals surface area contributed by atoms with E-state index in [0.717, 1.165) is 24.6 Å². The lowest BCUT2D eigenvalue weighted by Gasteiger charge is -2.16. The Kier molecular flexibility index (Phi) is 7.59. The maximum Gasteiger partial charge on any atom is 0.573 e. The molecule has 0 bridgehead atoms. The van der Waals surface area contributed by atoms with Gasteiger partial charge in [-0.1, -0.05) is 35.0 Å². The molecule has 0 radical (unpaired) electrons. The highest BCUT2D eigenvalue weighted by molar-refractivity contribution is 9.10. The summed E-state index contributed by atoms with van der Waals surface area (Å²) in [4.78, 5) is 8.66. The second-order valence-electron chi connectivity index (χ2n) is 7.31. The number of halogens is 7. The highest BCUT2D eigenvalue weighted by Gasteiger charge is 2.33. The van der Waals surface area contributed by atoms with E-state index in [1.54, 1.807) is 0 Å². The average Bonchev–Trinajstić information content (AvgIpc) is 2.73. The Hall–Kier alpha value is -3.02. The molecule has 3 aromatic rings. The Labute approximate surface area is 199 Å². The predicted octanol–water partition coefficient (Wildman–Crippen LogP) is 7.78. The fourth-order valence-corrected chi connectivity index (χ4v) is 3.34. The third kappa shape index (κ3) is 6.99. The van der Waals surface area contributed by atoms with Gasteiger partial charge in [0.15, 0.2) is 0 Å². The number of alkyl halides is 6. The Bertz CT molecular complexity index is 1150. The van der Waals surface area contributed by atoms with Crippen LogP contribution in [0.3, 0.4) is 0 Å². The molecule has 182 valence electrons. The van der Waals surface area contributed by atoms with E-state index in [1.165, 1.54) is 30.3 Å². The highest BCUT2D eigenvalue weighted by Crippen LogP contribution is 2.37. The van der Waals surface area contributed by atoms with Crippen LogP contribution < -0.4 is 15.4 Å². The van der Waals surface area contributed by atoms with Crippen molar-refractivity contribution in [2.45, 2.75) is 38.8 Å². The van der Waals surface area contributed by atoms with Crippen LogP contribution in [-0.2, 0) is 6.18 Å². The van der Waals surface area contributed by atoms with Crippen LogP contribution in [0.25, 0.3) is 11.3 Å². The third-order valence-electron chi connectivity index (χ3n) is 4.62. The molecule has 1 atom stereocenters. The second kappa shape index (κ2) is 10.1. The van der Waals surface area contributed by atoms with Crippen molar-refractivity contribution in [2.75, 3.05) is 10.6 Å². The first kappa shape index (κ1) is 25.6. The van der Waals surface area contributed by atoms with Crippen LogP contribution in [0.5, 0.6) is 5.75 Å². The van der Waals surface area contributed by atoms with Gasteiger partial charge in [-0.25, -0.2) is 4.98 Å². The fourth-order valence-electron chi connectivity index (χ4n) is 2.87. The first-order valence-electron chi connectivity index (χ1n) is 9.99. The minimum absolute atomic E-state index is 0.0347. The molecule has 0 amide bonds. The molecule has 2 N–H and O–H groups in total. The molecule has 34 heavy (non-hydrogen) atoms. The normalized spacial score (nSPS) is 12.9. The highest BCUT2D eigenvalue weighted by atomic mass is 79.9. The predicted molar refractivity (Wildman–Crippen MR) is 120 cm³/mol. The van der Waals surface area contributed by atoms with E-state index < -0.39 is 23.9 Å². The van der Waals surface area contributed by atoms with Gasteiger partial charge in [0.05, 0.1) is 11.3 Å². The van der Waals surface area contributed by atoms with E-state index in [9.17, 15) is 26.3 Å². The average molecular weight is 549 g/mol. The minimum atomic E-state index is -4.86. The van der Waals surface area contributed by atoms with Gasteiger partial charge in [-0.3, -0.25) is 0 Å². The number of hydrogen-bond acceptors (Lipinski definition) is 5. The molecule has 0 saturated carbocycles. The molecule has 2 aromatic carbocycles. The molecule has 0 aliphatic rings. The van der Waals surface area contributed by atoms with Gasteiger partial charge in [0.2, 0.25) is 5.95 Å². The fraction of sp³-hybridized carbons (Fsp3) is 0.273. The van der Waals surface area contributed by atoms with Crippen molar-refractivity contribution >= 4 is 33.4 Å². The third-order valence-corrected chi connectivity index (χ3v) is 5.31. The molecule has 0 fully saturated rings. The van der Waals surface area contributed by atoms with Gasteiger partial charge in [-0.15, -0.1) is 13.2 Å². The Morgan fingerprint density at radius 2 is 1.74 bits per heavy atom. The first-order valence-corrected chi connectivity index (χ1v) is 10.8. The van der Waals surface area contributed by atoms with E-state index in [2.05, 4.69) is 41.3 Å². The largest absolute Gasteiger partial charge is 0.573 e. The molecule has 5 nitrogen and oxygen atoms in total. The van der Waals surface area contributed by atoms with Crippen molar-refractivity contribution in [1.29, 1.82) is 0 Å². The number of hydrogen-bond donors (Lipinski definition) is 2. The first-order chi connectivity index (χ1) is 15.8. The molecule has 0 unspecified atom stereocenters. The lowest BCUT2D eigenvalue weighted by atomic mass is 10.1. The van der Waals surface area contributed by atoms with E-state index >= 15 is 0 Å². The summed E-state index contributed by atoms with van der Waals surface area (Å²) in [6, 6.07) is 10.2. The van der Waals surface area contributed by atoms with Crippen molar-refractivity contribution in [2.24, 2.45) is 0 Å². The lowest BCUT2D eigenvalue weighted by Crippen LogP contribution is -2.17. The van der Waals surface area contributed by atoms with Gasteiger partial charge in [-0.05, 0) is 43.7 Å². The summed E-state index contributed by atoms with van der Waals surface area (Å²) in [5, 5.41) is 5.88. The van der Waals surface area contributed by atoms with Gasteiger partial charge in [0, 0.05) is 27.8 Å². The SMILES string of the molecule is CC[C@H](C)Nc1nc(Nc2ccc(Br)c(C(F)(F)F)c2)cc(-c2cccc(OC(F)(F)F)c2)n1. The quantitative estimate of drug-likeness (QED) is 0.295. The minimum Gasteiger partial charge on any atom is -0.406 e. The molecular weight excluding hydrogens is 530 g/mol. The van der Waals surface area contributed by atoms with Crippen LogP contribution in [0.15, 0.2) is 53.0 Å². The van der Waals surface area contributed by atoms with Crippen molar-refractivity contribution in [3.8, 4) is 17.0 Å². The Morgan fingerprint density at radius 3 is 2.38 bits per heavy atom. The van der Waals surface area contributed by atoms with Crippen LogP contribution in [0.1, 0.15) is 25.8 Å². The molecular formula is C22H19BrF6N4O. The summed E-state index contributed by atoms with van der Waals surface area (Å²) >= 11 is 2.89. The maximum atomic E-state index is 13.3.